The third-order valence-electron chi connectivity index (χ3n) is 3.80. The van der Waals surface area contributed by atoms with Gasteiger partial charge in [0, 0.05) is 23.1 Å². The van der Waals surface area contributed by atoms with E-state index in [0.717, 1.165) is 31.0 Å². The Kier molecular flexibility index (Phi) is 2.71. The molecule has 100 valence electrons. The quantitative estimate of drug-likeness (QED) is 0.742. The number of hydrogen-bond acceptors (Lipinski definition) is 2. The molecule has 2 aromatic carbocycles. The molecule has 2 N–H and O–H groups in total. The van der Waals surface area contributed by atoms with Crippen LogP contribution in [0.15, 0.2) is 48.5 Å². The molecular formula is C17H16N2O. The number of ether oxygens (including phenoxy) is 1. The topological polar surface area (TPSA) is 37.0 Å². The lowest BCUT2D eigenvalue weighted by Crippen LogP contribution is -2.22. The standard InChI is InChI=1S/C17H16N2O/c1-2-4-12(5-3-1)20-13-6-7-16-15(10-13)14-8-9-18-11-17(14)19-16/h1-7,10,18-19H,8-9,11H2. The van der Waals surface area contributed by atoms with Crippen LogP contribution < -0.4 is 10.1 Å². The van der Waals surface area contributed by atoms with Crippen molar-refractivity contribution in [1.82, 2.24) is 10.3 Å². The largest absolute Gasteiger partial charge is 0.457 e. The molecule has 1 aromatic heterocycles. The van der Waals surface area contributed by atoms with Crippen LogP contribution in [0.25, 0.3) is 10.9 Å². The molecule has 3 heteroatoms. The summed E-state index contributed by atoms with van der Waals surface area (Å²) in [5, 5.41) is 4.68. The van der Waals surface area contributed by atoms with Crippen LogP contribution in [0.1, 0.15) is 11.3 Å². The molecule has 0 atom stereocenters. The molecule has 20 heavy (non-hydrogen) atoms. The van der Waals surface area contributed by atoms with E-state index in [2.05, 4.69) is 22.4 Å². The highest BCUT2D eigenvalue weighted by molar-refractivity contribution is 5.86. The molecule has 0 unspecified atom stereocenters. The summed E-state index contributed by atoms with van der Waals surface area (Å²) in [7, 11) is 0. The molecule has 4 rings (SSSR count). The van der Waals surface area contributed by atoms with Crippen LogP contribution in [0.4, 0.5) is 0 Å². The highest BCUT2D eigenvalue weighted by atomic mass is 16.5. The Morgan fingerprint density at radius 1 is 0.950 bits per heavy atom. The second-order valence-electron chi connectivity index (χ2n) is 5.13. The summed E-state index contributed by atoms with van der Waals surface area (Å²) >= 11 is 0. The minimum Gasteiger partial charge on any atom is -0.457 e. The number of aromatic amines is 1. The fraction of sp³-hybridized carbons (Fsp3) is 0.176. The van der Waals surface area contributed by atoms with Crippen molar-refractivity contribution >= 4 is 10.9 Å². The van der Waals surface area contributed by atoms with Gasteiger partial charge in [-0.15, -0.1) is 0 Å². The number of aromatic nitrogens is 1. The molecule has 0 spiro atoms. The van der Waals surface area contributed by atoms with E-state index < -0.39 is 0 Å². The second kappa shape index (κ2) is 4.69. The van der Waals surface area contributed by atoms with Gasteiger partial charge in [0.1, 0.15) is 11.5 Å². The molecule has 0 radical (unpaired) electrons. The smallest absolute Gasteiger partial charge is 0.128 e. The monoisotopic (exact) mass is 264 g/mol. The highest BCUT2D eigenvalue weighted by Gasteiger charge is 2.15. The number of fused-ring (bicyclic) bond motifs is 3. The van der Waals surface area contributed by atoms with E-state index in [1.165, 1.54) is 22.2 Å². The normalized spacial score (nSPS) is 14.2. The van der Waals surface area contributed by atoms with Gasteiger partial charge in [0.2, 0.25) is 0 Å². The second-order valence-corrected chi connectivity index (χ2v) is 5.13. The lowest BCUT2D eigenvalue weighted by atomic mass is 10.0. The first-order valence-electron chi connectivity index (χ1n) is 6.97. The molecule has 0 saturated heterocycles. The third-order valence-corrected chi connectivity index (χ3v) is 3.80. The lowest BCUT2D eigenvalue weighted by molar-refractivity contribution is 0.483. The van der Waals surface area contributed by atoms with Crippen LogP contribution in [-0.2, 0) is 13.0 Å². The van der Waals surface area contributed by atoms with Gasteiger partial charge >= 0.3 is 0 Å². The van der Waals surface area contributed by atoms with E-state index in [1.807, 2.05) is 36.4 Å². The van der Waals surface area contributed by atoms with Crippen molar-refractivity contribution < 1.29 is 4.74 Å². The Morgan fingerprint density at radius 2 is 1.85 bits per heavy atom. The van der Waals surface area contributed by atoms with Crippen LogP contribution in [0.2, 0.25) is 0 Å². The zero-order valence-corrected chi connectivity index (χ0v) is 11.1. The number of rotatable bonds is 2. The van der Waals surface area contributed by atoms with Gasteiger partial charge < -0.3 is 15.0 Å². The average molecular weight is 264 g/mol. The lowest BCUT2D eigenvalue weighted by Gasteiger charge is -2.12. The van der Waals surface area contributed by atoms with E-state index in [4.69, 9.17) is 4.74 Å². The maximum absolute atomic E-state index is 5.92. The maximum Gasteiger partial charge on any atom is 0.128 e. The average Bonchev–Trinajstić information content (AvgIpc) is 2.86. The van der Waals surface area contributed by atoms with E-state index in [-0.39, 0.29) is 0 Å². The van der Waals surface area contributed by atoms with Crippen LogP contribution in [0.3, 0.4) is 0 Å². The van der Waals surface area contributed by atoms with Crippen molar-refractivity contribution in [3.8, 4) is 11.5 Å². The molecule has 1 aliphatic rings. The zero-order valence-electron chi connectivity index (χ0n) is 11.1. The fourth-order valence-corrected chi connectivity index (χ4v) is 2.83. The number of nitrogens with one attached hydrogen (secondary N) is 2. The summed E-state index contributed by atoms with van der Waals surface area (Å²) in [4.78, 5) is 3.49. The van der Waals surface area contributed by atoms with Gasteiger partial charge in [-0.2, -0.15) is 0 Å². The third kappa shape index (κ3) is 1.96. The molecule has 1 aliphatic heterocycles. The predicted octanol–water partition coefficient (Wildman–Crippen LogP) is 3.61. The Bertz CT molecular complexity index is 746. The minimum atomic E-state index is 0.873. The van der Waals surface area contributed by atoms with Crippen molar-refractivity contribution in [3.63, 3.8) is 0 Å². The molecule has 0 amide bonds. The van der Waals surface area contributed by atoms with Crippen molar-refractivity contribution in [2.45, 2.75) is 13.0 Å². The van der Waals surface area contributed by atoms with E-state index in [0.29, 0.717) is 0 Å². The van der Waals surface area contributed by atoms with Crippen molar-refractivity contribution in [2.24, 2.45) is 0 Å². The highest BCUT2D eigenvalue weighted by Crippen LogP contribution is 2.30. The number of hydrogen-bond donors (Lipinski definition) is 2. The van der Waals surface area contributed by atoms with Gasteiger partial charge in [-0.3, -0.25) is 0 Å². The van der Waals surface area contributed by atoms with Gasteiger partial charge in [0.15, 0.2) is 0 Å². The number of benzene rings is 2. The van der Waals surface area contributed by atoms with Gasteiger partial charge in [-0.1, -0.05) is 18.2 Å². The Labute approximate surface area is 117 Å². The maximum atomic E-state index is 5.92. The van der Waals surface area contributed by atoms with Crippen LogP contribution >= 0.6 is 0 Å². The van der Waals surface area contributed by atoms with Crippen molar-refractivity contribution in [1.29, 1.82) is 0 Å². The van der Waals surface area contributed by atoms with Gasteiger partial charge in [0.05, 0.1) is 0 Å². The van der Waals surface area contributed by atoms with E-state index in [1.54, 1.807) is 0 Å². The van der Waals surface area contributed by atoms with E-state index >= 15 is 0 Å². The molecule has 0 bridgehead atoms. The minimum absolute atomic E-state index is 0.873. The van der Waals surface area contributed by atoms with Crippen LogP contribution in [-0.4, -0.2) is 11.5 Å². The first-order chi connectivity index (χ1) is 9.90. The number of H-pyrrole nitrogens is 1. The summed E-state index contributed by atoms with van der Waals surface area (Å²) in [6, 6.07) is 16.2. The summed E-state index contributed by atoms with van der Waals surface area (Å²) in [5.74, 6) is 1.77. The summed E-state index contributed by atoms with van der Waals surface area (Å²) in [6.07, 6.45) is 1.07. The number of para-hydroxylation sites is 1. The molecular weight excluding hydrogens is 248 g/mol. The van der Waals surface area contributed by atoms with E-state index in [9.17, 15) is 0 Å². The van der Waals surface area contributed by atoms with Gasteiger partial charge in [-0.25, -0.2) is 0 Å². The van der Waals surface area contributed by atoms with Crippen LogP contribution in [0.5, 0.6) is 11.5 Å². The Hall–Kier alpha value is -2.26. The summed E-state index contributed by atoms with van der Waals surface area (Å²) in [6.45, 7) is 1.97. The molecule has 2 heterocycles. The predicted molar refractivity (Wildman–Crippen MR) is 80.2 cm³/mol. The first kappa shape index (κ1) is 11.6. The fourth-order valence-electron chi connectivity index (χ4n) is 2.83. The SMILES string of the molecule is c1ccc(Oc2ccc3[nH]c4c(c3c2)CCNC4)cc1. The molecule has 3 nitrogen and oxygen atoms in total. The molecule has 0 fully saturated rings. The van der Waals surface area contributed by atoms with Gasteiger partial charge in [-0.05, 0) is 48.9 Å². The van der Waals surface area contributed by atoms with Gasteiger partial charge in [0.25, 0.3) is 0 Å². The Balaban J connectivity index is 1.74. The summed E-state index contributed by atoms with van der Waals surface area (Å²) in [5.41, 5.74) is 3.93. The molecule has 3 aromatic rings. The molecule has 0 aliphatic carbocycles. The first-order valence-corrected chi connectivity index (χ1v) is 6.97. The Morgan fingerprint density at radius 3 is 2.75 bits per heavy atom. The van der Waals surface area contributed by atoms with Crippen molar-refractivity contribution in [2.75, 3.05) is 6.54 Å². The van der Waals surface area contributed by atoms with Crippen LogP contribution in [0, 0.1) is 0 Å². The summed E-state index contributed by atoms with van der Waals surface area (Å²) < 4.78 is 5.92. The zero-order chi connectivity index (χ0) is 13.4. The molecule has 0 saturated carbocycles. The van der Waals surface area contributed by atoms with Crippen molar-refractivity contribution in [3.05, 3.63) is 59.8 Å².